The molecule has 1 aliphatic rings. The molecule has 0 saturated carbocycles. The number of carbonyl (C=O) groups excluding carboxylic acids is 1. The minimum Gasteiger partial charge on any atom is -0.404 e. The zero-order valence-corrected chi connectivity index (χ0v) is 9.96. The maximum atomic E-state index is 12.2. The number of nitrogens with one attached hydrogen (secondary N) is 2. The van der Waals surface area contributed by atoms with E-state index < -0.39 is 12.1 Å². The Balaban J connectivity index is 2.09. The van der Waals surface area contributed by atoms with Gasteiger partial charge in [0.1, 0.15) is 0 Å². The molecule has 1 unspecified atom stereocenters. The van der Waals surface area contributed by atoms with Crippen molar-refractivity contribution in [1.82, 2.24) is 5.32 Å². The monoisotopic (exact) mass is 274 g/mol. The number of hydrogen-bond acceptors (Lipinski definition) is 3. The summed E-state index contributed by atoms with van der Waals surface area (Å²) in [6.45, 7) is 0.735. The summed E-state index contributed by atoms with van der Waals surface area (Å²) in [5.41, 5.74) is 0.0125. The summed E-state index contributed by atoms with van der Waals surface area (Å²) in [7, 11) is 0. The van der Waals surface area contributed by atoms with Gasteiger partial charge < -0.3 is 15.4 Å². The van der Waals surface area contributed by atoms with Gasteiger partial charge in [0.2, 0.25) is 5.91 Å². The van der Waals surface area contributed by atoms with Crippen LogP contribution in [0.3, 0.4) is 0 Å². The van der Waals surface area contributed by atoms with Crippen molar-refractivity contribution in [2.24, 2.45) is 0 Å². The van der Waals surface area contributed by atoms with Crippen LogP contribution in [0.1, 0.15) is 12.8 Å². The van der Waals surface area contributed by atoms with E-state index in [1.165, 1.54) is 18.2 Å². The molecule has 1 aromatic rings. The Labute approximate surface area is 107 Å². The topological polar surface area (TPSA) is 50.4 Å². The van der Waals surface area contributed by atoms with Gasteiger partial charge in [-0.1, -0.05) is 12.1 Å². The van der Waals surface area contributed by atoms with Crippen molar-refractivity contribution in [2.45, 2.75) is 25.2 Å². The Morgan fingerprint density at radius 1 is 1.37 bits per heavy atom. The van der Waals surface area contributed by atoms with Crippen LogP contribution >= 0.6 is 0 Å². The van der Waals surface area contributed by atoms with Crippen molar-refractivity contribution in [3.8, 4) is 5.75 Å². The van der Waals surface area contributed by atoms with Crippen molar-refractivity contribution < 1.29 is 22.7 Å². The summed E-state index contributed by atoms with van der Waals surface area (Å²) >= 11 is 0. The second-order valence-corrected chi connectivity index (χ2v) is 4.18. The lowest BCUT2D eigenvalue weighted by molar-refractivity contribution is -0.274. The Kier molecular flexibility index (Phi) is 3.94. The van der Waals surface area contributed by atoms with Crippen LogP contribution in [0, 0.1) is 0 Å². The van der Waals surface area contributed by atoms with E-state index in [1.807, 2.05) is 0 Å². The third-order valence-electron chi connectivity index (χ3n) is 2.75. The smallest absolute Gasteiger partial charge is 0.404 e. The Morgan fingerprint density at radius 2 is 2.11 bits per heavy atom. The molecule has 0 bridgehead atoms. The second-order valence-electron chi connectivity index (χ2n) is 4.18. The zero-order chi connectivity index (χ0) is 13.9. The molecule has 2 N–H and O–H groups in total. The molecular weight excluding hydrogens is 261 g/mol. The maximum Gasteiger partial charge on any atom is 0.573 e. The maximum absolute atomic E-state index is 12.2. The molecule has 4 nitrogen and oxygen atoms in total. The quantitative estimate of drug-likeness (QED) is 0.889. The molecule has 1 saturated heterocycles. The molecule has 0 spiro atoms. The van der Waals surface area contributed by atoms with Gasteiger partial charge in [-0.25, -0.2) is 0 Å². The summed E-state index contributed by atoms with van der Waals surface area (Å²) in [5, 5.41) is 5.42. The lowest BCUT2D eigenvalue weighted by Gasteiger charge is -2.15. The highest BCUT2D eigenvalue weighted by Gasteiger charge is 2.32. The van der Waals surface area contributed by atoms with Crippen LogP contribution in [-0.2, 0) is 4.79 Å². The van der Waals surface area contributed by atoms with E-state index in [2.05, 4.69) is 15.4 Å². The highest BCUT2D eigenvalue weighted by atomic mass is 19.4. The first kappa shape index (κ1) is 13.7. The summed E-state index contributed by atoms with van der Waals surface area (Å²) in [4.78, 5) is 11.8. The first-order valence-electron chi connectivity index (χ1n) is 5.85. The Morgan fingerprint density at radius 3 is 2.74 bits per heavy atom. The molecule has 0 radical (unpaired) electrons. The van der Waals surface area contributed by atoms with Crippen molar-refractivity contribution in [2.75, 3.05) is 11.9 Å². The van der Waals surface area contributed by atoms with Crippen molar-refractivity contribution in [1.29, 1.82) is 0 Å². The molecule has 1 amide bonds. The molecule has 7 heteroatoms. The average molecular weight is 274 g/mol. The summed E-state index contributed by atoms with van der Waals surface area (Å²) < 4.78 is 40.5. The number of carbonyl (C=O) groups is 1. The third kappa shape index (κ3) is 3.85. The molecule has 0 aromatic heterocycles. The highest BCUT2D eigenvalue weighted by Crippen LogP contribution is 2.30. The van der Waals surface area contributed by atoms with Crippen LogP contribution in [0.15, 0.2) is 24.3 Å². The number of ether oxygens (including phenoxy) is 1. The van der Waals surface area contributed by atoms with Gasteiger partial charge >= 0.3 is 6.36 Å². The average Bonchev–Trinajstić information content (AvgIpc) is 2.83. The van der Waals surface area contributed by atoms with Crippen molar-refractivity contribution in [3.05, 3.63) is 24.3 Å². The minimum atomic E-state index is -4.79. The van der Waals surface area contributed by atoms with Crippen LogP contribution in [0.25, 0.3) is 0 Å². The van der Waals surface area contributed by atoms with E-state index in [0.29, 0.717) is 6.42 Å². The molecule has 19 heavy (non-hydrogen) atoms. The lowest BCUT2D eigenvalue weighted by Crippen LogP contribution is -2.35. The molecule has 1 heterocycles. The van der Waals surface area contributed by atoms with Gasteiger partial charge in [0.05, 0.1) is 11.7 Å². The van der Waals surface area contributed by atoms with E-state index >= 15 is 0 Å². The molecule has 2 rings (SSSR count). The van der Waals surface area contributed by atoms with E-state index in [-0.39, 0.29) is 17.6 Å². The predicted molar refractivity (Wildman–Crippen MR) is 62.8 cm³/mol. The first-order chi connectivity index (χ1) is 8.96. The fourth-order valence-electron chi connectivity index (χ4n) is 1.91. The van der Waals surface area contributed by atoms with Gasteiger partial charge in [0, 0.05) is 0 Å². The van der Waals surface area contributed by atoms with Crippen LogP contribution in [0.4, 0.5) is 18.9 Å². The normalized spacial score (nSPS) is 19.2. The fourth-order valence-corrected chi connectivity index (χ4v) is 1.91. The van der Waals surface area contributed by atoms with Gasteiger partial charge in [0.15, 0.2) is 5.75 Å². The van der Waals surface area contributed by atoms with Gasteiger partial charge in [0.25, 0.3) is 0 Å². The number of benzene rings is 1. The van der Waals surface area contributed by atoms with Gasteiger partial charge in [-0.3, -0.25) is 4.79 Å². The largest absolute Gasteiger partial charge is 0.573 e. The number of halogens is 3. The van der Waals surface area contributed by atoms with Crippen LogP contribution in [0.2, 0.25) is 0 Å². The van der Waals surface area contributed by atoms with Gasteiger partial charge in [-0.2, -0.15) is 0 Å². The van der Waals surface area contributed by atoms with Crippen molar-refractivity contribution in [3.63, 3.8) is 0 Å². The summed E-state index contributed by atoms with van der Waals surface area (Å²) in [6.07, 6.45) is -3.24. The van der Waals surface area contributed by atoms with Crippen LogP contribution < -0.4 is 15.4 Å². The van der Waals surface area contributed by atoms with Gasteiger partial charge in [-0.15, -0.1) is 13.2 Å². The van der Waals surface area contributed by atoms with E-state index in [4.69, 9.17) is 0 Å². The zero-order valence-electron chi connectivity index (χ0n) is 9.96. The standard InChI is InChI=1S/C12H13F3N2O2/c13-12(14,15)19-10-6-2-1-4-8(10)17-11(18)9-5-3-7-16-9/h1-2,4,6,9,16H,3,5,7H2,(H,17,18). The molecule has 1 fully saturated rings. The van der Waals surface area contributed by atoms with E-state index in [1.54, 1.807) is 0 Å². The molecular formula is C12H13F3N2O2. The first-order valence-corrected chi connectivity index (χ1v) is 5.85. The number of rotatable bonds is 3. The molecule has 104 valence electrons. The SMILES string of the molecule is O=C(Nc1ccccc1OC(F)(F)F)C1CCCN1. The minimum absolute atomic E-state index is 0.0125. The Bertz CT molecular complexity index is 457. The van der Waals surface area contributed by atoms with Crippen LogP contribution in [-0.4, -0.2) is 24.9 Å². The summed E-state index contributed by atoms with van der Waals surface area (Å²) in [6, 6.07) is 5.10. The van der Waals surface area contributed by atoms with Crippen LogP contribution in [0.5, 0.6) is 5.75 Å². The highest BCUT2D eigenvalue weighted by molar-refractivity contribution is 5.96. The molecule has 1 atom stereocenters. The third-order valence-corrected chi connectivity index (χ3v) is 2.75. The number of anilines is 1. The Hall–Kier alpha value is -1.76. The molecule has 0 aliphatic carbocycles. The molecule has 1 aliphatic heterocycles. The number of alkyl halides is 3. The lowest BCUT2D eigenvalue weighted by atomic mass is 10.2. The number of hydrogen-bond donors (Lipinski definition) is 2. The van der Waals surface area contributed by atoms with E-state index in [9.17, 15) is 18.0 Å². The predicted octanol–water partition coefficient (Wildman–Crippen LogP) is 2.28. The number of amides is 1. The summed E-state index contributed by atoms with van der Waals surface area (Å²) in [5.74, 6) is -0.767. The second kappa shape index (κ2) is 5.48. The van der Waals surface area contributed by atoms with E-state index in [0.717, 1.165) is 19.0 Å². The van der Waals surface area contributed by atoms with Gasteiger partial charge in [-0.05, 0) is 31.5 Å². The fraction of sp³-hybridized carbons (Fsp3) is 0.417. The number of para-hydroxylation sites is 2. The molecule has 1 aromatic carbocycles. The van der Waals surface area contributed by atoms with Crippen molar-refractivity contribution >= 4 is 11.6 Å².